The average molecular weight is 403 g/mol. The molecule has 0 unspecified atom stereocenters. The molecular weight excluding hydrogens is 376 g/mol. The summed E-state index contributed by atoms with van der Waals surface area (Å²) in [5.41, 5.74) is 1.53. The quantitative estimate of drug-likeness (QED) is 0.723. The van der Waals surface area contributed by atoms with Gasteiger partial charge in [0, 0.05) is 23.7 Å². The second-order valence-electron chi connectivity index (χ2n) is 7.19. The molecule has 150 valence electrons. The van der Waals surface area contributed by atoms with E-state index < -0.39 is 0 Å². The zero-order chi connectivity index (χ0) is 20.3. The molecule has 0 spiro atoms. The molecule has 3 rings (SSSR count). The van der Waals surface area contributed by atoms with E-state index >= 15 is 0 Å². The van der Waals surface area contributed by atoms with Crippen LogP contribution in [0.5, 0.6) is 23.0 Å². The van der Waals surface area contributed by atoms with Crippen molar-refractivity contribution < 1.29 is 18.9 Å². The monoisotopic (exact) mass is 402 g/mol. The molecule has 2 aromatic rings. The molecule has 7 heteroatoms. The van der Waals surface area contributed by atoms with Gasteiger partial charge in [-0.1, -0.05) is 0 Å². The molecular formula is C21H26N2O4S. The van der Waals surface area contributed by atoms with Crippen LogP contribution in [0.25, 0.3) is 0 Å². The summed E-state index contributed by atoms with van der Waals surface area (Å²) in [4.78, 5) is 0. The van der Waals surface area contributed by atoms with Crippen LogP contribution in [-0.2, 0) is 0 Å². The van der Waals surface area contributed by atoms with Gasteiger partial charge < -0.3 is 29.6 Å². The average Bonchev–Trinajstić information content (AvgIpc) is 2.66. The Morgan fingerprint density at radius 1 is 1.04 bits per heavy atom. The van der Waals surface area contributed by atoms with Gasteiger partial charge in [-0.2, -0.15) is 0 Å². The Balaban J connectivity index is 1.78. The van der Waals surface area contributed by atoms with Crippen molar-refractivity contribution in [3.63, 3.8) is 0 Å². The molecule has 2 N–H and O–H groups in total. The van der Waals surface area contributed by atoms with Crippen molar-refractivity contribution in [2.45, 2.75) is 31.9 Å². The standard InChI is InChI=1S/C21H26N2O4S/c1-21(2)12-16(15-11-14(24-3)7-9-17(15)27-21)23-20(28)22-13-6-8-18(25-4)19(10-13)26-5/h6-11,16H,12H2,1-5H3,(H2,22,23,28)/t16-/m1/s1. The van der Waals surface area contributed by atoms with Gasteiger partial charge in [-0.25, -0.2) is 0 Å². The highest BCUT2D eigenvalue weighted by Gasteiger charge is 2.34. The van der Waals surface area contributed by atoms with Gasteiger partial charge in [-0.05, 0) is 56.4 Å². The van der Waals surface area contributed by atoms with Gasteiger partial charge in [0.05, 0.1) is 27.4 Å². The summed E-state index contributed by atoms with van der Waals surface area (Å²) in [6, 6.07) is 11.4. The Morgan fingerprint density at radius 3 is 2.46 bits per heavy atom. The number of fused-ring (bicyclic) bond motifs is 1. The molecule has 0 bridgehead atoms. The van der Waals surface area contributed by atoms with Crippen LogP contribution in [0.2, 0.25) is 0 Å². The topological polar surface area (TPSA) is 61.0 Å². The maximum Gasteiger partial charge on any atom is 0.171 e. The number of ether oxygens (including phenoxy) is 4. The van der Waals surface area contributed by atoms with E-state index in [0.29, 0.717) is 16.6 Å². The van der Waals surface area contributed by atoms with E-state index in [4.69, 9.17) is 31.2 Å². The van der Waals surface area contributed by atoms with E-state index in [1.807, 2.05) is 36.4 Å². The first-order chi connectivity index (χ1) is 13.3. The molecule has 1 aliphatic rings. The third-order valence-corrected chi connectivity index (χ3v) is 4.84. The summed E-state index contributed by atoms with van der Waals surface area (Å²) in [6.45, 7) is 4.14. The zero-order valence-electron chi connectivity index (χ0n) is 16.8. The van der Waals surface area contributed by atoms with Crippen LogP contribution >= 0.6 is 12.2 Å². The summed E-state index contributed by atoms with van der Waals surface area (Å²) >= 11 is 5.56. The van der Waals surface area contributed by atoms with E-state index in [0.717, 1.165) is 29.2 Å². The largest absolute Gasteiger partial charge is 0.497 e. The normalized spacial score (nSPS) is 17.0. The van der Waals surface area contributed by atoms with E-state index in [-0.39, 0.29) is 11.6 Å². The highest BCUT2D eigenvalue weighted by atomic mass is 32.1. The minimum Gasteiger partial charge on any atom is -0.497 e. The van der Waals surface area contributed by atoms with Crippen molar-refractivity contribution in [1.29, 1.82) is 0 Å². The van der Waals surface area contributed by atoms with Crippen LogP contribution in [0.4, 0.5) is 5.69 Å². The predicted octanol–water partition coefficient (Wildman–Crippen LogP) is 4.30. The lowest BCUT2D eigenvalue weighted by molar-refractivity contribution is 0.0695. The number of thiocarbonyl (C=S) groups is 1. The molecule has 28 heavy (non-hydrogen) atoms. The fourth-order valence-corrected chi connectivity index (χ4v) is 3.59. The van der Waals surface area contributed by atoms with Gasteiger partial charge in [-0.3, -0.25) is 0 Å². The molecule has 0 aromatic heterocycles. The number of hydrogen-bond acceptors (Lipinski definition) is 5. The summed E-state index contributed by atoms with van der Waals surface area (Å²) < 4.78 is 22.1. The lowest BCUT2D eigenvalue weighted by atomic mass is 9.89. The van der Waals surface area contributed by atoms with Crippen molar-refractivity contribution in [1.82, 2.24) is 5.32 Å². The maximum atomic E-state index is 6.12. The molecule has 1 atom stereocenters. The van der Waals surface area contributed by atoms with Crippen LogP contribution in [0, 0.1) is 0 Å². The molecule has 0 saturated carbocycles. The first-order valence-corrected chi connectivity index (χ1v) is 9.42. The van der Waals surface area contributed by atoms with Crippen LogP contribution in [0.1, 0.15) is 31.9 Å². The third-order valence-electron chi connectivity index (χ3n) is 4.62. The number of rotatable bonds is 5. The number of hydrogen-bond donors (Lipinski definition) is 2. The Labute approximate surface area is 171 Å². The van der Waals surface area contributed by atoms with E-state index in [2.05, 4.69) is 24.5 Å². The van der Waals surface area contributed by atoms with Gasteiger partial charge >= 0.3 is 0 Å². The first kappa shape index (κ1) is 20.1. The van der Waals surface area contributed by atoms with Crippen molar-refractivity contribution in [2.24, 2.45) is 0 Å². The Kier molecular flexibility index (Phi) is 5.84. The molecule has 0 radical (unpaired) electrons. The van der Waals surface area contributed by atoms with Gasteiger partial charge in [0.25, 0.3) is 0 Å². The van der Waals surface area contributed by atoms with Gasteiger partial charge in [0.2, 0.25) is 0 Å². The summed E-state index contributed by atoms with van der Waals surface area (Å²) in [5, 5.41) is 7.14. The van der Waals surface area contributed by atoms with Crippen molar-refractivity contribution in [2.75, 3.05) is 26.6 Å². The van der Waals surface area contributed by atoms with Crippen LogP contribution in [0.3, 0.4) is 0 Å². The van der Waals surface area contributed by atoms with Crippen molar-refractivity contribution >= 4 is 23.0 Å². The fraction of sp³-hybridized carbons (Fsp3) is 0.381. The van der Waals surface area contributed by atoms with Gasteiger partial charge in [0.1, 0.15) is 17.1 Å². The summed E-state index contributed by atoms with van der Waals surface area (Å²) in [5.74, 6) is 2.92. The Bertz CT molecular complexity index is 869. The first-order valence-electron chi connectivity index (χ1n) is 9.01. The molecule has 0 fully saturated rings. The second kappa shape index (κ2) is 8.14. The van der Waals surface area contributed by atoms with E-state index in [9.17, 15) is 0 Å². The second-order valence-corrected chi connectivity index (χ2v) is 7.60. The minimum atomic E-state index is -0.307. The zero-order valence-corrected chi connectivity index (χ0v) is 17.6. The van der Waals surface area contributed by atoms with Crippen LogP contribution in [0.15, 0.2) is 36.4 Å². The number of nitrogens with one attached hydrogen (secondary N) is 2. The molecule has 6 nitrogen and oxygen atoms in total. The Hall–Kier alpha value is -2.67. The van der Waals surface area contributed by atoms with E-state index in [1.54, 1.807) is 21.3 Å². The Morgan fingerprint density at radius 2 is 1.79 bits per heavy atom. The molecule has 1 aliphatic heterocycles. The molecule has 0 aliphatic carbocycles. The highest BCUT2D eigenvalue weighted by molar-refractivity contribution is 7.80. The lowest BCUT2D eigenvalue weighted by Crippen LogP contribution is -2.42. The lowest BCUT2D eigenvalue weighted by Gasteiger charge is -2.38. The summed E-state index contributed by atoms with van der Waals surface area (Å²) in [6.07, 6.45) is 0.765. The minimum absolute atomic E-state index is 0.00556. The number of methoxy groups -OCH3 is 3. The number of benzene rings is 2. The molecule has 0 saturated heterocycles. The number of anilines is 1. The smallest absolute Gasteiger partial charge is 0.171 e. The SMILES string of the molecule is COc1ccc2c(c1)[C@H](NC(=S)Nc1ccc(OC)c(OC)c1)CC(C)(C)O2. The fourth-order valence-electron chi connectivity index (χ4n) is 3.33. The summed E-state index contributed by atoms with van der Waals surface area (Å²) in [7, 11) is 4.86. The molecule has 2 aromatic carbocycles. The predicted molar refractivity (Wildman–Crippen MR) is 114 cm³/mol. The van der Waals surface area contributed by atoms with Crippen LogP contribution < -0.4 is 29.6 Å². The molecule has 0 amide bonds. The molecule has 1 heterocycles. The van der Waals surface area contributed by atoms with Crippen molar-refractivity contribution in [3.8, 4) is 23.0 Å². The van der Waals surface area contributed by atoms with Gasteiger partial charge in [0.15, 0.2) is 16.6 Å². The third kappa shape index (κ3) is 4.42. The van der Waals surface area contributed by atoms with Crippen LogP contribution in [-0.4, -0.2) is 32.0 Å². The highest BCUT2D eigenvalue weighted by Crippen LogP contribution is 2.41. The van der Waals surface area contributed by atoms with Crippen molar-refractivity contribution in [3.05, 3.63) is 42.0 Å². The van der Waals surface area contributed by atoms with Gasteiger partial charge in [-0.15, -0.1) is 0 Å². The van der Waals surface area contributed by atoms with E-state index in [1.165, 1.54) is 0 Å². The maximum absolute atomic E-state index is 6.12.